The van der Waals surface area contributed by atoms with Gasteiger partial charge in [-0.25, -0.2) is 0 Å². The number of allylic oxidation sites excluding steroid dienone is 1. The normalized spacial score (nSPS) is 18.6. The van der Waals surface area contributed by atoms with E-state index in [9.17, 15) is 10.1 Å². The van der Waals surface area contributed by atoms with E-state index in [0.29, 0.717) is 42.4 Å². The van der Waals surface area contributed by atoms with E-state index in [0.717, 1.165) is 29.8 Å². The third kappa shape index (κ3) is 4.13. The number of aryl methyl sites for hydroxylation is 1. The minimum Gasteiger partial charge on any atom is -0.496 e. The number of halogens is 1. The lowest BCUT2D eigenvalue weighted by Gasteiger charge is -2.29. The molecule has 1 fully saturated rings. The summed E-state index contributed by atoms with van der Waals surface area (Å²) in [6, 6.07) is 9.45. The third-order valence-electron chi connectivity index (χ3n) is 5.94. The number of aromatic nitrogens is 1. The van der Waals surface area contributed by atoms with Gasteiger partial charge in [-0.3, -0.25) is 9.69 Å². The Hall–Kier alpha value is -2.80. The first kappa shape index (κ1) is 22.4. The zero-order valence-electron chi connectivity index (χ0n) is 18.1. The van der Waals surface area contributed by atoms with Crippen LogP contribution in [0.1, 0.15) is 22.7 Å². The third-order valence-corrected chi connectivity index (χ3v) is 6.43. The quantitative estimate of drug-likeness (QED) is 0.672. The fourth-order valence-electron chi connectivity index (χ4n) is 4.27. The lowest BCUT2D eigenvalue weighted by atomic mass is 9.83. The van der Waals surface area contributed by atoms with Crippen molar-refractivity contribution in [3.63, 3.8) is 0 Å². The Morgan fingerprint density at radius 3 is 2.72 bits per heavy atom. The number of hydrogen-bond acceptors (Lipinski definition) is 7. The van der Waals surface area contributed by atoms with E-state index in [-0.39, 0.29) is 17.0 Å². The van der Waals surface area contributed by atoms with Gasteiger partial charge in [0, 0.05) is 48.0 Å². The molecule has 4 rings (SSSR count). The second kappa shape index (κ2) is 9.36. The summed E-state index contributed by atoms with van der Waals surface area (Å²) in [5.41, 5.74) is 7.94. The Bertz CT molecular complexity index is 1160. The van der Waals surface area contributed by atoms with Gasteiger partial charge in [-0.1, -0.05) is 15.9 Å². The molecule has 2 aliphatic heterocycles. The Kier molecular flexibility index (Phi) is 6.55. The number of nitrogens with two attached hydrogens (primary N) is 1. The van der Waals surface area contributed by atoms with Gasteiger partial charge in [0.2, 0.25) is 5.88 Å². The predicted molar refractivity (Wildman–Crippen MR) is 123 cm³/mol. The van der Waals surface area contributed by atoms with Crippen molar-refractivity contribution in [3.8, 4) is 17.6 Å². The second-order valence-electron chi connectivity index (χ2n) is 7.79. The molecule has 9 heteroatoms. The van der Waals surface area contributed by atoms with Gasteiger partial charge in [0.1, 0.15) is 23.1 Å². The molecule has 0 aliphatic carbocycles. The predicted octanol–water partition coefficient (Wildman–Crippen LogP) is 2.48. The molecular formula is C23H25BrN4O4. The Morgan fingerprint density at radius 1 is 1.28 bits per heavy atom. The maximum Gasteiger partial charge on any atom is 0.258 e. The topological polar surface area (TPSA) is 103 Å². The number of rotatable bonds is 5. The molecule has 1 aromatic heterocycles. The van der Waals surface area contributed by atoms with E-state index in [2.05, 4.69) is 26.9 Å². The minimum atomic E-state index is -0.695. The Labute approximate surface area is 194 Å². The first-order chi connectivity index (χ1) is 15.4. The van der Waals surface area contributed by atoms with Crippen molar-refractivity contribution in [1.82, 2.24) is 9.47 Å². The summed E-state index contributed by atoms with van der Waals surface area (Å²) < 4.78 is 19.3. The number of ether oxygens (including phenoxy) is 3. The fraction of sp³-hybridized carbons (Fsp3) is 0.391. The molecule has 1 atom stereocenters. The number of pyridine rings is 1. The summed E-state index contributed by atoms with van der Waals surface area (Å²) >= 11 is 3.49. The van der Waals surface area contributed by atoms with Crippen molar-refractivity contribution < 1.29 is 14.2 Å². The molecule has 0 saturated carbocycles. The summed E-state index contributed by atoms with van der Waals surface area (Å²) in [6.45, 7) is 6.23. The summed E-state index contributed by atoms with van der Waals surface area (Å²) in [7, 11) is 1.56. The van der Waals surface area contributed by atoms with Crippen molar-refractivity contribution in [2.45, 2.75) is 19.4 Å². The number of methoxy groups -OCH3 is 1. The average Bonchev–Trinajstić information content (AvgIpc) is 2.78. The number of benzene rings is 1. The van der Waals surface area contributed by atoms with Crippen LogP contribution in [0, 0.1) is 18.3 Å². The van der Waals surface area contributed by atoms with Crippen LogP contribution in [-0.4, -0.2) is 49.4 Å². The minimum absolute atomic E-state index is 0.00287. The molecule has 32 heavy (non-hydrogen) atoms. The highest BCUT2D eigenvalue weighted by molar-refractivity contribution is 9.10. The van der Waals surface area contributed by atoms with Gasteiger partial charge >= 0.3 is 0 Å². The van der Waals surface area contributed by atoms with Gasteiger partial charge in [-0.2, -0.15) is 5.26 Å². The Balaban J connectivity index is 1.83. The van der Waals surface area contributed by atoms with Crippen molar-refractivity contribution in [1.29, 1.82) is 5.26 Å². The van der Waals surface area contributed by atoms with Crippen LogP contribution in [0.3, 0.4) is 0 Å². The standard InChI is InChI=1S/C23H25BrN4O4/c1-14-11-19-21(23(29)28(14)6-5-27-7-9-31-10-8-27)20(17(13-25)22(26)32-19)16-12-15(24)3-4-18(16)30-2/h3-4,11-12,20H,5-10,26H2,1-2H3/t20-/m1/s1. The summed E-state index contributed by atoms with van der Waals surface area (Å²) in [5.74, 6) is 0.237. The number of nitrogens with zero attached hydrogens (tertiary/aromatic N) is 3. The molecule has 0 bridgehead atoms. The maximum absolute atomic E-state index is 13.8. The largest absolute Gasteiger partial charge is 0.496 e. The van der Waals surface area contributed by atoms with E-state index >= 15 is 0 Å². The van der Waals surface area contributed by atoms with Crippen molar-refractivity contribution in [3.05, 3.63) is 67.4 Å². The second-order valence-corrected chi connectivity index (χ2v) is 8.70. The molecule has 0 spiro atoms. The van der Waals surface area contributed by atoms with Gasteiger partial charge in [-0.15, -0.1) is 0 Å². The monoisotopic (exact) mass is 500 g/mol. The first-order valence-corrected chi connectivity index (χ1v) is 11.2. The van der Waals surface area contributed by atoms with Crippen LogP contribution in [0.2, 0.25) is 0 Å². The molecule has 0 amide bonds. The van der Waals surface area contributed by atoms with Crippen LogP contribution in [0.25, 0.3) is 0 Å². The lowest BCUT2D eigenvalue weighted by molar-refractivity contribution is 0.0362. The summed E-state index contributed by atoms with van der Waals surface area (Å²) in [4.78, 5) is 16.0. The molecule has 2 aromatic rings. The average molecular weight is 501 g/mol. The highest BCUT2D eigenvalue weighted by Crippen LogP contribution is 2.44. The maximum atomic E-state index is 13.8. The van der Waals surface area contributed by atoms with E-state index in [1.165, 1.54) is 0 Å². The van der Waals surface area contributed by atoms with E-state index in [1.807, 2.05) is 25.1 Å². The number of nitriles is 1. The first-order valence-electron chi connectivity index (χ1n) is 10.4. The molecule has 3 heterocycles. The smallest absolute Gasteiger partial charge is 0.258 e. The molecule has 1 saturated heterocycles. The molecule has 2 aliphatic rings. The Morgan fingerprint density at radius 2 is 2.03 bits per heavy atom. The molecule has 1 aromatic carbocycles. The zero-order chi connectivity index (χ0) is 22.8. The SMILES string of the molecule is COc1ccc(Br)cc1[C@@H]1C(C#N)=C(N)Oc2cc(C)n(CCN3CCOCC3)c(=O)c21. The van der Waals surface area contributed by atoms with Crippen LogP contribution in [-0.2, 0) is 11.3 Å². The number of fused-ring (bicyclic) bond motifs is 1. The highest BCUT2D eigenvalue weighted by atomic mass is 79.9. The summed E-state index contributed by atoms with van der Waals surface area (Å²) in [6.07, 6.45) is 0. The fourth-order valence-corrected chi connectivity index (χ4v) is 4.65. The van der Waals surface area contributed by atoms with E-state index in [1.54, 1.807) is 17.7 Å². The van der Waals surface area contributed by atoms with Crippen LogP contribution in [0.5, 0.6) is 11.5 Å². The van der Waals surface area contributed by atoms with Crippen molar-refractivity contribution in [2.75, 3.05) is 40.0 Å². The van der Waals surface area contributed by atoms with E-state index in [4.69, 9.17) is 19.9 Å². The zero-order valence-corrected chi connectivity index (χ0v) is 19.6. The van der Waals surface area contributed by atoms with Gasteiger partial charge in [0.05, 0.1) is 31.8 Å². The molecule has 168 valence electrons. The van der Waals surface area contributed by atoms with Crippen molar-refractivity contribution in [2.24, 2.45) is 5.73 Å². The summed E-state index contributed by atoms with van der Waals surface area (Å²) in [5, 5.41) is 9.89. The van der Waals surface area contributed by atoms with Crippen molar-refractivity contribution >= 4 is 15.9 Å². The van der Waals surface area contributed by atoms with Gasteiger partial charge in [0.25, 0.3) is 5.56 Å². The highest BCUT2D eigenvalue weighted by Gasteiger charge is 2.36. The van der Waals surface area contributed by atoms with Crippen LogP contribution in [0.4, 0.5) is 0 Å². The van der Waals surface area contributed by atoms with Gasteiger partial charge in [-0.05, 0) is 25.1 Å². The molecule has 0 unspecified atom stereocenters. The molecule has 0 radical (unpaired) electrons. The molecular weight excluding hydrogens is 476 g/mol. The van der Waals surface area contributed by atoms with Gasteiger partial charge < -0.3 is 24.5 Å². The van der Waals surface area contributed by atoms with Crippen LogP contribution < -0.4 is 20.8 Å². The van der Waals surface area contributed by atoms with E-state index < -0.39 is 5.92 Å². The van der Waals surface area contributed by atoms with Gasteiger partial charge in [0.15, 0.2) is 0 Å². The molecule has 8 nitrogen and oxygen atoms in total. The number of morpholine rings is 1. The van der Waals surface area contributed by atoms with Crippen LogP contribution in [0.15, 0.2) is 45.0 Å². The van der Waals surface area contributed by atoms with Crippen LogP contribution >= 0.6 is 15.9 Å². The number of hydrogen-bond donors (Lipinski definition) is 1. The molecule has 2 N–H and O–H groups in total. The lowest BCUT2D eigenvalue weighted by Crippen LogP contribution is -2.40.